The van der Waals surface area contributed by atoms with Gasteiger partial charge in [0, 0.05) is 15.9 Å². The van der Waals surface area contributed by atoms with E-state index >= 15 is 0 Å². The van der Waals surface area contributed by atoms with E-state index in [1.54, 1.807) is 11.8 Å². The predicted molar refractivity (Wildman–Crippen MR) is 82.1 cm³/mol. The van der Waals surface area contributed by atoms with Gasteiger partial charge in [-0.05, 0) is 29.8 Å². The van der Waals surface area contributed by atoms with Gasteiger partial charge in [-0.25, -0.2) is 4.98 Å². The number of oxazole rings is 1. The second-order valence-corrected chi connectivity index (χ2v) is 5.92. The summed E-state index contributed by atoms with van der Waals surface area (Å²) in [7, 11) is 0. The molecule has 3 nitrogen and oxygen atoms in total. The van der Waals surface area contributed by atoms with Crippen LogP contribution >= 0.6 is 27.7 Å². The average Bonchev–Trinajstić information content (AvgIpc) is 2.80. The molecular weight excluding hydrogens is 324 g/mol. The maximum Gasteiger partial charge on any atom is 0.257 e. The van der Waals surface area contributed by atoms with E-state index in [9.17, 15) is 0 Å². The first kappa shape index (κ1) is 12.6. The van der Waals surface area contributed by atoms with Gasteiger partial charge in [0.1, 0.15) is 5.52 Å². The van der Waals surface area contributed by atoms with Crippen molar-refractivity contribution < 1.29 is 4.42 Å². The fourth-order valence-corrected chi connectivity index (χ4v) is 2.98. The molecule has 0 saturated carbocycles. The van der Waals surface area contributed by atoms with Gasteiger partial charge in [0.15, 0.2) is 5.58 Å². The monoisotopic (exact) mass is 334 g/mol. The lowest BCUT2D eigenvalue weighted by molar-refractivity contribution is 0.489. The lowest BCUT2D eigenvalue weighted by atomic mass is 10.2. The highest BCUT2D eigenvalue weighted by molar-refractivity contribution is 9.10. The first-order valence-corrected chi connectivity index (χ1v) is 7.52. The van der Waals surface area contributed by atoms with E-state index in [0.29, 0.717) is 5.22 Å². The first-order valence-electron chi connectivity index (χ1n) is 5.74. The molecule has 0 amide bonds. The lowest BCUT2D eigenvalue weighted by Crippen LogP contribution is -1.92. The van der Waals surface area contributed by atoms with Crippen molar-refractivity contribution in [1.29, 1.82) is 0 Å². The maximum atomic E-state index is 5.97. The number of thioether (sulfide) groups is 1. The fourth-order valence-electron chi connectivity index (χ4n) is 1.75. The number of fused-ring (bicyclic) bond motifs is 1. The number of nitrogens with zero attached hydrogens (tertiary/aromatic N) is 1. The molecule has 0 aliphatic heterocycles. The van der Waals surface area contributed by atoms with Gasteiger partial charge in [-0.2, -0.15) is 0 Å². The minimum Gasteiger partial charge on any atom is -0.431 e. The third-order valence-electron chi connectivity index (χ3n) is 2.73. The van der Waals surface area contributed by atoms with Gasteiger partial charge in [-0.1, -0.05) is 45.9 Å². The van der Waals surface area contributed by atoms with Crippen LogP contribution in [-0.4, -0.2) is 4.98 Å². The Morgan fingerprint density at radius 2 is 2.05 bits per heavy atom. The van der Waals surface area contributed by atoms with E-state index in [1.165, 1.54) is 0 Å². The number of aromatic nitrogens is 1. The van der Waals surface area contributed by atoms with E-state index in [1.807, 2.05) is 42.5 Å². The summed E-state index contributed by atoms with van der Waals surface area (Å²) in [6.45, 7) is 0. The summed E-state index contributed by atoms with van der Waals surface area (Å²) in [6.07, 6.45) is 0. The van der Waals surface area contributed by atoms with Crippen LogP contribution in [0.2, 0.25) is 0 Å². The van der Waals surface area contributed by atoms with Crippen LogP contribution in [0, 0.1) is 0 Å². The highest BCUT2D eigenvalue weighted by atomic mass is 79.9. The molecule has 0 radical (unpaired) electrons. The number of nitrogen functional groups attached to an aromatic ring is 1. The Morgan fingerprint density at radius 1 is 1.21 bits per heavy atom. The predicted octanol–water partition coefficient (Wildman–Crippen LogP) is 4.46. The van der Waals surface area contributed by atoms with Crippen LogP contribution in [0.4, 0.5) is 5.69 Å². The number of rotatable bonds is 3. The van der Waals surface area contributed by atoms with Gasteiger partial charge in [0.25, 0.3) is 5.22 Å². The Hall–Kier alpha value is -1.46. The zero-order valence-corrected chi connectivity index (χ0v) is 12.4. The van der Waals surface area contributed by atoms with E-state index in [-0.39, 0.29) is 0 Å². The molecule has 2 aromatic carbocycles. The molecule has 1 heterocycles. The quantitative estimate of drug-likeness (QED) is 0.567. The number of halogens is 1. The van der Waals surface area contributed by atoms with Crippen molar-refractivity contribution in [2.24, 2.45) is 0 Å². The molecule has 0 spiro atoms. The highest BCUT2D eigenvalue weighted by Gasteiger charge is 2.07. The third kappa shape index (κ3) is 2.77. The summed E-state index contributed by atoms with van der Waals surface area (Å²) in [4.78, 5) is 4.42. The molecule has 3 aromatic rings. The van der Waals surface area contributed by atoms with Crippen LogP contribution in [0.1, 0.15) is 5.56 Å². The van der Waals surface area contributed by atoms with Crippen LogP contribution in [0.25, 0.3) is 11.1 Å². The van der Waals surface area contributed by atoms with E-state index in [4.69, 9.17) is 10.2 Å². The standard InChI is InChI=1S/C14H11BrN2OS/c15-10-6-5-9(11(16)7-10)8-19-14-17-12-3-1-2-4-13(12)18-14/h1-7H,8,16H2. The lowest BCUT2D eigenvalue weighted by Gasteiger charge is -2.03. The van der Waals surface area contributed by atoms with Gasteiger partial charge in [-0.15, -0.1) is 0 Å². The Kier molecular flexibility index (Phi) is 3.48. The molecule has 2 N–H and O–H groups in total. The zero-order chi connectivity index (χ0) is 13.2. The third-order valence-corrected chi connectivity index (χ3v) is 4.10. The normalized spacial score (nSPS) is 11.0. The highest BCUT2D eigenvalue weighted by Crippen LogP contribution is 2.29. The molecule has 0 bridgehead atoms. The van der Waals surface area contributed by atoms with Crippen LogP contribution in [0.3, 0.4) is 0 Å². The molecule has 3 rings (SSSR count). The molecular formula is C14H11BrN2OS. The topological polar surface area (TPSA) is 52.0 Å². The number of nitrogens with two attached hydrogens (primary N) is 1. The van der Waals surface area contributed by atoms with Gasteiger partial charge < -0.3 is 10.2 Å². The largest absolute Gasteiger partial charge is 0.431 e. The Bertz CT molecular complexity index is 693. The van der Waals surface area contributed by atoms with Gasteiger partial charge >= 0.3 is 0 Å². The van der Waals surface area contributed by atoms with Crippen LogP contribution in [0.5, 0.6) is 0 Å². The smallest absolute Gasteiger partial charge is 0.257 e. The maximum absolute atomic E-state index is 5.97. The Morgan fingerprint density at radius 3 is 2.84 bits per heavy atom. The van der Waals surface area contributed by atoms with Crippen molar-refractivity contribution in [3.63, 3.8) is 0 Å². The van der Waals surface area contributed by atoms with E-state index in [2.05, 4.69) is 20.9 Å². The van der Waals surface area contributed by atoms with Gasteiger partial charge in [-0.3, -0.25) is 0 Å². The zero-order valence-electron chi connectivity index (χ0n) is 9.97. The fraction of sp³-hybridized carbons (Fsp3) is 0.0714. The minimum absolute atomic E-state index is 0.670. The Labute approximate surface area is 123 Å². The number of hydrogen-bond donors (Lipinski definition) is 1. The van der Waals surface area contributed by atoms with E-state index < -0.39 is 0 Å². The van der Waals surface area contributed by atoms with Crippen LogP contribution < -0.4 is 5.73 Å². The SMILES string of the molecule is Nc1cc(Br)ccc1CSc1nc2ccccc2o1. The summed E-state index contributed by atoms with van der Waals surface area (Å²) >= 11 is 4.94. The van der Waals surface area contributed by atoms with Gasteiger partial charge in [0.2, 0.25) is 0 Å². The van der Waals surface area contributed by atoms with Crippen molar-refractivity contribution >= 4 is 44.5 Å². The van der Waals surface area contributed by atoms with Crippen molar-refractivity contribution in [2.75, 3.05) is 5.73 Å². The molecule has 0 atom stereocenters. The number of hydrogen-bond acceptors (Lipinski definition) is 4. The van der Waals surface area contributed by atoms with Crippen molar-refractivity contribution in [1.82, 2.24) is 4.98 Å². The molecule has 5 heteroatoms. The first-order chi connectivity index (χ1) is 9.22. The Balaban J connectivity index is 1.78. The number of benzene rings is 2. The van der Waals surface area contributed by atoms with Crippen molar-refractivity contribution in [3.8, 4) is 0 Å². The van der Waals surface area contributed by atoms with Crippen LogP contribution in [-0.2, 0) is 5.75 Å². The van der Waals surface area contributed by atoms with Crippen molar-refractivity contribution in [3.05, 3.63) is 52.5 Å². The van der Waals surface area contributed by atoms with Gasteiger partial charge in [0.05, 0.1) is 0 Å². The minimum atomic E-state index is 0.670. The summed E-state index contributed by atoms with van der Waals surface area (Å²) in [5.41, 5.74) is 9.52. The van der Waals surface area contributed by atoms with Crippen molar-refractivity contribution in [2.45, 2.75) is 11.0 Å². The summed E-state index contributed by atoms with van der Waals surface area (Å²) in [6, 6.07) is 13.6. The average molecular weight is 335 g/mol. The van der Waals surface area contributed by atoms with Crippen LogP contribution in [0.15, 0.2) is 56.6 Å². The second-order valence-electron chi connectivity index (χ2n) is 4.08. The summed E-state index contributed by atoms with van der Waals surface area (Å²) in [5.74, 6) is 0.742. The molecule has 1 aromatic heterocycles. The summed E-state index contributed by atoms with van der Waals surface area (Å²) < 4.78 is 6.64. The molecule has 0 aliphatic carbocycles. The van der Waals surface area contributed by atoms with E-state index in [0.717, 1.165) is 32.6 Å². The molecule has 0 fully saturated rings. The number of anilines is 1. The number of para-hydroxylation sites is 2. The second kappa shape index (κ2) is 5.27. The molecule has 0 aliphatic rings. The molecule has 96 valence electrons. The molecule has 0 saturated heterocycles. The summed E-state index contributed by atoms with van der Waals surface area (Å²) in [5, 5.41) is 0.670. The molecule has 19 heavy (non-hydrogen) atoms. The molecule has 0 unspecified atom stereocenters.